The molecule has 7 nitrogen and oxygen atoms in total. The summed E-state index contributed by atoms with van der Waals surface area (Å²) in [6.45, 7) is 1.28. The number of amides is 3. The topological polar surface area (TPSA) is 84.9 Å². The first-order chi connectivity index (χ1) is 14.5. The van der Waals surface area contributed by atoms with Crippen LogP contribution in [0.5, 0.6) is 5.75 Å². The number of hydrogen-bond donors (Lipinski definition) is 1. The molecule has 1 aromatic rings. The fourth-order valence-corrected chi connectivity index (χ4v) is 5.47. The lowest BCUT2D eigenvalue weighted by Crippen LogP contribution is -2.36. The number of fused-ring (bicyclic) bond motifs is 1. The van der Waals surface area contributed by atoms with Gasteiger partial charge in [0.25, 0.3) is 5.24 Å². The standard InChI is InChI=1S/C22H28N2O5S/c1-28-20(14-5-3-2-4-6-14)15-7-8-17-16(11-15)13-24(9-10-29-17)19(25)12-18-21(26)23-22(27)30-18/h7-8,11,14,18,20H,2-6,9-10,12-13H2,1H3,(H,23,26,27). The van der Waals surface area contributed by atoms with Crippen molar-refractivity contribution >= 4 is 28.8 Å². The average Bonchev–Trinajstić information content (AvgIpc) is 2.93. The van der Waals surface area contributed by atoms with E-state index in [9.17, 15) is 14.4 Å². The predicted molar refractivity (Wildman–Crippen MR) is 113 cm³/mol. The maximum absolute atomic E-state index is 12.8. The number of rotatable bonds is 5. The first kappa shape index (κ1) is 21.2. The molecule has 8 heteroatoms. The SMILES string of the molecule is COC(c1ccc2c(c1)CN(C(=O)CC1SC(=O)NC1=O)CCO2)C1CCCCC1. The Hall–Kier alpha value is -2.06. The van der Waals surface area contributed by atoms with E-state index in [-0.39, 0.29) is 29.6 Å². The van der Waals surface area contributed by atoms with Crippen molar-refractivity contribution in [3.63, 3.8) is 0 Å². The van der Waals surface area contributed by atoms with Gasteiger partial charge in [-0.05, 0) is 36.5 Å². The molecule has 162 valence electrons. The van der Waals surface area contributed by atoms with E-state index < -0.39 is 5.25 Å². The van der Waals surface area contributed by atoms with Crippen molar-refractivity contribution in [1.82, 2.24) is 10.2 Å². The zero-order chi connectivity index (χ0) is 21.1. The first-order valence-electron chi connectivity index (χ1n) is 10.6. The molecule has 3 aliphatic rings. The van der Waals surface area contributed by atoms with E-state index in [2.05, 4.69) is 17.4 Å². The number of benzene rings is 1. The van der Waals surface area contributed by atoms with Crippen LogP contribution in [0.4, 0.5) is 4.79 Å². The smallest absolute Gasteiger partial charge is 0.286 e. The van der Waals surface area contributed by atoms with Gasteiger partial charge < -0.3 is 14.4 Å². The molecule has 2 unspecified atom stereocenters. The fraction of sp³-hybridized carbons (Fsp3) is 0.591. The highest BCUT2D eigenvalue weighted by molar-refractivity contribution is 8.15. The predicted octanol–water partition coefficient (Wildman–Crippen LogP) is 3.42. The van der Waals surface area contributed by atoms with Crippen LogP contribution in [-0.4, -0.2) is 47.5 Å². The molecular formula is C22H28N2O5S. The fourth-order valence-electron chi connectivity index (χ4n) is 4.66. The van der Waals surface area contributed by atoms with Crippen LogP contribution in [0.2, 0.25) is 0 Å². The number of carbonyl (C=O) groups excluding carboxylic acids is 3. The number of nitrogens with zero attached hydrogens (tertiary/aromatic N) is 1. The molecule has 2 aliphatic heterocycles. The lowest BCUT2D eigenvalue weighted by atomic mass is 9.82. The van der Waals surface area contributed by atoms with Gasteiger partial charge in [0.1, 0.15) is 17.6 Å². The van der Waals surface area contributed by atoms with Crippen molar-refractivity contribution in [3.8, 4) is 5.75 Å². The summed E-state index contributed by atoms with van der Waals surface area (Å²) in [6.07, 6.45) is 6.21. The van der Waals surface area contributed by atoms with Crippen LogP contribution in [0.1, 0.15) is 55.8 Å². The molecule has 0 spiro atoms. The minimum Gasteiger partial charge on any atom is -0.491 e. The Kier molecular flexibility index (Phi) is 6.63. The van der Waals surface area contributed by atoms with Crippen LogP contribution >= 0.6 is 11.8 Å². The Bertz CT molecular complexity index is 824. The Labute approximate surface area is 180 Å². The van der Waals surface area contributed by atoms with E-state index in [1.807, 2.05) is 6.07 Å². The van der Waals surface area contributed by atoms with Gasteiger partial charge in [-0.1, -0.05) is 37.1 Å². The molecule has 0 aromatic heterocycles. The zero-order valence-electron chi connectivity index (χ0n) is 17.2. The summed E-state index contributed by atoms with van der Waals surface area (Å²) in [5.41, 5.74) is 2.08. The van der Waals surface area contributed by atoms with Gasteiger partial charge in [-0.3, -0.25) is 19.7 Å². The van der Waals surface area contributed by atoms with Gasteiger partial charge in [0.2, 0.25) is 11.8 Å². The van der Waals surface area contributed by atoms with Gasteiger partial charge in [0.05, 0.1) is 12.6 Å². The van der Waals surface area contributed by atoms with Crippen molar-refractivity contribution in [2.75, 3.05) is 20.3 Å². The summed E-state index contributed by atoms with van der Waals surface area (Å²) in [6, 6.07) is 6.15. The molecule has 2 atom stereocenters. The number of carbonyl (C=O) groups is 3. The molecule has 0 bridgehead atoms. The van der Waals surface area contributed by atoms with Gasteiger partial charge in [-0.15, -0.1) is 0 Å². The normalized spacial score (nSPS) is 23.4. The number of thioether (sulfide) groups is 1. The van der Waals surface area contributed by atoms with E-state index in [0.29, 0.717) is 25.6 Å². The van der Waals surface area contributed by atoms with Crippen molar-refractivity contribution in [2.24, 2.45) is 5.92 Å². The summed E-state index contributed by atoms with van der Waals surface area (Å²) in [7, 11) is 1.77. The summed E-state index contributed by atoms with van der Waals surface area (Å²) >= 11 is 0.887. The van der Waals surface area contributed by atoms with E-state index in [4.69, 9.17) is 9.47 Å². The molecule has 1 aliphatic carbocycles. The molecule has 0 radical (unpaired) electrons. The van der Waals surface area contributed by atoms with Crippen LogP contribution in [0.15, 0.2) is 18.2 Å². The molecule has 2 heterocycles. The highest BCUT2D eigenvalue weighted by Gasteiger charge is 2.35. The molecule has 30 heavy (non-hydrogen) atoms. The van der Waals surface area contributed by atoms with Gasteiger partial charge in [-0.2, -0.15) is 0 Å². The lowest BCUT2D eigenvalue weighted by Gasteiger charge is -2.30. The van der Waals surface area contributed by atoms with Gasteiger partial charge in [-0.25, -0.2) is 0 Å². The second-order valence-corrected chi connectivity index (χ2v) is 9.35. The maximum Gasteiger partial charge on any atom is 0.286 e. The number of nitrogens with one attached hydrogen (secondary N) is 1. The van der Waals surface area contributed by atoms with Crippen molar-refractivity contribution in [2.45, 2.75) is 56.4 Å². The quantitative estimate of drug-likeness (QED) is 0.768. The molecule has 1 N–H and O–H groups in total. The number of methoxy groups -OCH3 is 1. The van der Waals surface area contributed by atoms with E-state index in [1.54, 1.807) is 12.0 Å². The highest BCUT2D eigenvalue weighted by atomic mass is 32.2. The Morgan fingerprint density at radius 2 is 2.10 bits per heavy atom. The van der Waals surface area contributed by atoms with Gasteiger partial charge in [0, 0.05) is 25.6 Å². The third kappa shape index (κ3) is 4.64. The molecule has 3 amide bonds. The monoisotopic (exact) mass is 432 g/mol. The molecule has 2 fully saturated rings. The number of hydrogen-bond acceptors (Lipinski definition) is 6. The second kappa shape index (κ2) is 9.39. The van der Waals surface area contributed by atoms with Gasteiger partial charge in [0.15, 0.2) is 0 Å². The summed E-state index contributed by atoms with van der Waals surface area (Å²) in [4.78, 5) is 37.7. The Morgan fingerprint density at radius 3 is 2.80 bits per heavy atom. The molecule has 1 saturated heterocycles. The molecule has 1 aromatic carbocycles. The molecule has 1 saturated carbocycles. The van der Waals surface area contributed by atoms with Crippen molar-refractivity contribution < 1.29 is 23.9 Å². The van der Waals surface area contributed by atoms with Crippen LogP contribution < -0.4 is 10.1 Å². The summed E-state index contributed by atoms with van der Waals surface area (Å²) < 4.78 is 11.8. The lowest BCUT2D eigenvalue weighted by molar-refractivity contribution is -0.133. The van der Waals surface area contributed by atoms with E-state index in [1.165, 1.54) is 32.1 Å². The average molecular weight is 433 g/mol. The van der Waals surface area contributed by atoms with Crippen LogP contribution in [0, 0.1) is 5.92 Å². The summed E-state index contributed by atoms with van der Waals surface area (Å²) in [5.74, 6) is 0.773. The third-order valence-electron chi connectivity index (χ3n) is 6.20. The Morgan fingerprint density at radius 1 is 1.30 bits per heavy atom. The zero-order valence-corrected chi connectivity index (χ0v) is 18.0. The second-order valence-electron chi connectivity index (χ2n) is 8.17. The van der Waals surface area contributed by atoms with Gasteiger partial charge >= 0.3 is 0 Å². The Balaban J connectivity index is 1.48. The van der Waals surface area contributed by atoms with Crippen LogP contribution in [0.25, 0.3) is 0 Å². The largest absolute Gasteiger partial charge is 0.491 e. The van der Waals surface area contributed by atoms with Crippen LogP contribution in [0.3, 0.4) is 0 Å². The molecular weight excluding hydrogens is 404 g/mol. The minimum atomic E-state index is -0.649. The first-order valence-corrected chi connectivity index (χ1v) is 11.5. The van der Waals surface area contributed by atoms with E-state index in [0.717, 1.165) is 28.6 Å². The van der Waals surface area contributed by atoms with E-state index >= 15 is 0 Å². The summed E-state index contributed by atoms with van der Waals surface area (Å²) in [5, 5.41) is 1.20. The number of ether oxygens (including phenoxy) is 2. The number of imide groups is 1. The highest BCUT2D eigenvalue weighted by Crippen LogP contribution is 2.38. The van der Waals surface area contributed by atoms with Crippen molar-refractivity contribution in [1.29, 1.82) is 0 Å². The maximum atomic E-state index is 12.8. The van der Waals surface area contributed by atoms with Crippen LogP contribution in [-0.2, 0) is 20.9 Å². The minimum absolute atomic E-state index is 0.0139. The van der Waals surface area contributed by atoms with Crippen molar-refractivity contribution in [3.05, 3.63) is 29.3 Å². The molecule has 4 rings (SSSR count). The third-order valence-corrected chi connectivity index (χ3v) is 7.19.